The number of amides is 2. The van der Waals surface area contributed by atoms with E-state index in [9.17, 15) is 14.4 Å². The van der Waals surface area contributed by atoms with Crippen molar-refractivity contribution in [3.05, 3.63) is 47.7 Å². The first-order chi connectivity index (χ1) is 9.00. The van der Waals surface area contributed by atoms with Gasteiger partial charge in [-0.3, -0.25) is 19.3 Å². The molecule has 1 aromatic carbocycles. The van der Waals surface area contributed by atoms with Gasteiger partial charge in [-0.2, -0.15) is 0 Å². The fourth-order valence-corrected chi connectivity index (χ4v) is 1.82. The third-order valence-electron chi connectivity index (χ3n) is 2.75. The zero-order chi connectivity index (χ0) is 14.0. The molecule has 19 heavy (non-hydrogen) atoms. The van der Waals surface area contributed by atoms with Crippen LogP contribution in [0, 0.1) is 0 Å². The van der Waals surface area contributed by atoms with Crippen molar-refractivity contribution in [3.8, 4) is 0 Å². The Morgan fingerprint density at radius 1 is 1.16 bits per heavy atom. The molecule has 0 fully saturated rings. The lowest BCUT2D eigenvalue weighted by atomic mass is 10.1. The number of nitrogens with zero attached hydrogens (tertiary/aromatic N) is 2. The first kappa shape index (κ1) is 13.0. The van der Waals surface area contributed by atoms with Gasteiger partial charge in [-0.25, -0.2) is 0 Å². The van der Waals surface area contributed by atoms with Crippen LogP contribution in [0.5, 0.6) is 0 Å². The van der Waals surface area contributed by atoms with Gasteiger partial charge in [-0.15, -0.1) is 0 Å². The number of ketones is 1. The third-order valence-corrected chi connectivity index (χ3v) is 2.75. The smallest absolute Gasteiger partial charge is 0.261 e. The maximum absolute atomic E-state index is 12.0. The van der Waals surface area contributed by atoms with Crippen LogP contribution < -0.4 is 0 Å². The maximum Gasteiger partial charge on any atom is 0.261 e. The molecule has 0 spiro atoms. The number of imide groups is 1. The van der Waals surface area contributed by atoms with Gasteiger partial charge in [0.2, 0.25) is 0 Å². The summed E-state index contributed by atoms with van der Waals surface area (Å²) in [6.45, 7) is -0.226. The SMILES string of the molecule is CN(C)/C=C\C(=O)CN1C(=O)c2ccccc2C1=O. The van der Waals surface area contributed by atoms with Crippen LogP contribution in [0.2, 0.25) is 0 Å². The Hall–Kier alpha value is -2.43. The van der Waals surface area contributed by atoms with E-state index in [-0.39, 0.29) is 12.3 Å². The van der Waals surface area contributed by atoms with E-state index in [0.717, 1.165) is 4.90 Å². The largest absolute Gasteiger partial charge is 0.383 e. The van der Waals surface area contributed by atoms with Gasteiger partial charge in [0.1, 0.15) is 0 Å². The molecule has 5 nitrogen and oxygen atoms in total. The van der Waals surface area contributed by atoms with E-state index >= 15 is 0 Å². The molecule has 0 unspecified atom stereocenters. The summed E-state index contributed by atoms with van der Waals surface area (Å²) in [6, 6.07) is 6.58. The highest BCUT2D eigenvalue weighted by molar-refractivity contribution is 6.22. The van der Waals surface area contributed by atoms with Crippen molar-refractivity contribution in [2.75, 3.05) is 20.6 Å². The minimum absolute atomic E-state index is 0.226. The van der Waals surface area contributed by atoms with E-state index in [0.29, 0.717) is 11.1 Å². The van der Waals surface area contributed by atoms with Crippen LogP contribution in [0.25, 0.3) is 0 Å². The van der Waals surface area contributed by atoms with Crippen LogP contribution >= 0.6 is 0 Å². The number of benzene rings is 1. The Balaban J connectivity index is 2.15. The number of hydrogen-bond donors (Lipinski definition) is 0. The summed E-state index contributed by atoms with van der Waals surface area (Å²) in [6.07, 6.45) is 2.93. The molecule has 0 radical (unpaired) electrons. The Bertz CT molecular complexity index is 541. The Morgan fingerprint density at radius 2 is 1.68 bits per heavy atom. The minimum atomic E-state index is -0.410. The fraction of sp³-hybridized carbons (Fsp3) is 0.214. The molecule has 0 bridgehead atoms. The molecule has 2 rings (SSSR count). The first-order valence-electron chi connectivity index (χ1n) is 5.83. The van der Waals surface area contributed by atoms with E-state index in [1.165, 1.54) is 6.08 Å². The normalized spacial score (nSPS) is 14.1. The topological polar surface area (TPSA) is 57.7 Å². The zero-order valence-electron chi connectivity index (χ0n) is 10.8. The van der Waals surface area contributed by atoms with E-state index in [1.807, 2.05) is 0 Å². The van der Waals surface area contributed by atoms with Crippen molar-refractivity contribution in [1.82, 2.24) is 9.80 Å². The van der Waals surface area contributed by atoms with Crippen LogP contribution in [0.4, 0.5) is 0 Å². The molecule has 0 atom stereocenters. The van der Waals surface area contributed by atoms with Crippen molar-refractivity contribution in [2.24, 2.45) is 0 Å². The van der Waals surface area contributed by atoms with E-state index in [2.05, 4.69) is 0 Å². The fourth-order valence-electron chi connectivity index (χ4n) is 1.82. The van der Waals surface area contributed by atoms with Gasteiger partial charge < -0.3 is 4.90 Å². The molecule has 0 N–H and O–H groups in total. The first-order valence-corrected chi connectivity index (χ1v) is 5.83. The van der Waals surface area contributed by atoms with Crippen molar-refractivity contribution in [3.63, 3.8) is 0 Å². The molecule has 1 aromatic rings. The molecule has 2 amide bonds. The van der Waals surface area contributed by atoms with E-state index < -0.39 is 11.8 Å². The predicted octanol–water partition coefficient (Wildman–Crippen LogP) is 0.927. The van der Waals surface area contributed by atoms with Gasteiger partial charge in [-0.05, 0) is 18.2 Å². The van der Waals surface area contributed by atoms with Gasteiger partial charge in [-0.1, -0.05) is 12.1 Å². The average Bonchev–Trinajstić information content (AvgIpc) is 2.62. The lowest BCUT2D eigenvalue weighted by Gasteiger charge is -2.11. The second kappa shape index (κ2) is 5.06. The van der Waals surface area contributed by atoms with Crippen molar-refractivity contribution >= 4 is 17.6 Å². The van der Waals surface area contributed by atoms with Crippen LogP contribution in [0.15, 0.2) is 36.5 Å². The predicted molar refractivity (Wildman–Crippen MR) is 69.6 cm³/mol. The van der Waals surface area contributed by atoms with Crippen molar-refractivity contribution in [1.29, 1.82) is 0 Å². The summed E-state index contributed by atoms with van der Waals surface area (Å²) >= 11 is 0. The van der Waals surface area contributed by atoms with E-state index in [4.69, 9.17) is 0 Å². The molecular formula is C14H14N2O3. The summed E-state index contributed by atoms with van der Waals surface area (Å²) < 4.78 is 0. The lowest BCUT2D eigenvalue weighted by molar-refractivity contribution is -0.115. The summed E-state index contributed by atoms with van der Waals surface area (Å²) in [7, 11) is 3.57. The number of rotatable bonds is 4. The third kappa shape index (κ3) is 2.54. The molecule has 98 valence electrons. The minimum Gasteiger partial charge on any atom is -0.383 e. The van der Waals surface area contributed by atoms with Crippen LogP contribution in [-0.2, 0) is 4.79 Å². The highest BCUT2D eigenvalue weighted by atomic mass is 16.2. The van der Waals surface area contributed by atoms with Gasteiger partial charge >= 0.3 is 0 Å². The molecule has 0 saturated carbocycles. The molecule has 5 heteroatoms. The highest BCUT2D eigenvalue weighted by Crippen LogP contribution is 2.21. The number of hydrogen-bond acceptors (Lipinski definition) is 4. The van der Waals surface area contributed by atoms with Gasteiger partial charge in [0.05, 0.1) is 17.7 Å². The van der Waals surface area contributed by atoms with Gasteiger partial charge in [0.15, 0.2) is 5.78 Å². The molecule has 1 heterocycles. The Morgan fingerprint density at radius 3 is 2.16 bits per heavy atom. The molecule has 1 aliphatic rings. The summed E-state index contributed by atoms with van der Waals surface area (Å²) in [5.41, 5.74) is 0.716. The van der Waals surface area contributed by atoms with Crippen LogP contribution in [0.1, 0.15) is 20.7 Å². The standard InChI is InChI=1S/C14H14N2O3/c1-15(2)8-7-10(17)9-16-13(18)11-5-3-4-6-12(11)14(16)19/h3-8H,9H2,1-2H3/b8-7-. The van der Waals surface area contributed by atoms with Gasteiger partial charge in [0.25, 0.3) is 11.8 Å². The number of fused-ring (bicyclic) bond motifs is 1. The molecule has 0 aliphatic carbocycles. The maximum atomic E-state index is 12.0. The summed E-state index contributed by atoms with van der Waals surface area (Å²) in [5, 5.41) is 0. The molecule has 0 aromatic heterocycles. The van der Waals surface area contributed by atoms with Gasteiger partial charge in [0, 0.05) is 20.3 Å². The lowest BCUT2D eigenvalue weighted by Crippen LogP contribution is -2.34. The highest BCUT2D eigenvalue weighted by Gasteiger charge is 2.35. The second-order valence-electron chi connectivity index (χ2n) is 4.49. The second-order valence-corrected chi connectivity index (χ2v) is 4.49. The number of carbonyl (C=O) groups excluding carboxylic acids is 3. The van der Waals surface area contributed by atoms with E-state index in [1.54, 1.807) is 49.5 Å². The monoisotopic (exact) mass is 258 g/mol. The Labute approximate surface area is 111 Å². The summed E-state index contributed by atoms with van der Waals surface area (Å²) in [5.74, 6) is -1.11. The average molecular weight is 258 g/mol. The summed E-state index contributed by atoms with van der Waals surface area (Å²) in [4.78, 5) is 38.4. The molecule has 0 saturated heterocycles. The quantitative estimate of drug-likeness (QED) is 0.595. The van der Waals surface area contributed by atoms with Crippen LogP contribution in [-0.4, -0.2) is 48.0 Å². The van der Waals surface area contributed by atoms with Crippen molar-refractivity contribution < 1.29 is 14.4 Å². The zero-order valence-corrected chi connectivity index (χ0v) is 10.8. The molecule has 1 aliphatic heterocycles. The Kier molecular flexibility index (Phi) is 3.46. The van der Waals surface area contributed by atoms with Crippen molar-refractivity contribution in [2.45, 2.75) is 0 Å². The molecular weight excluding hydrogens is 244 g/mol. The van der Waals surface area contributed by atoms with Crippen LogP contribution in [0.3, 0.4) is 0 Å². The number of carbonyl (C=O) groups is 3.